The average molecular weight is 418 g/mol. The standard InChI is InChI=1S/C22H31N3O3S/c1-7-29(27,28)25-20-12-11-18(13-15(20)4)24-22(26)19-9-8-10-21(16(19)5)23-17(6)14(2)3/h8-14,17,23,25H,7H2,1-6H3,(H,24,26)/t17-/m0/s1. The van der Waals surface area contributed by atoms with Gasteiger partial charge in [0.1, 0.15) is 0 Å². The minimum absolute atomic E-state index is 0.00397. The molecule has 1 amide bonds. The minimum atomic E-state index is -3.34. The quantitative estimate of drug-likeness (QED) is 0.577. The highest BCUT2D eigenvalue weighted by atomic mass is 32.2. The zero-order chi connectivity index (χ0) is 21.8. The van der Waals surface area contributed by atoms with Gasteiger partial charge in [0, 0.05) is 23.0 Å². The second-order valence-electron chi connectivity index (χ2n) is 7.64. The lowest BCUT2D eigenvalue weighted by molar-refractivity contribution is 0.102. The summed E-state index contributed by atoms with van der Waals surface area (Å²) < 4.78 is 26.1. The molecule has 0 spiro atoms. The Kier molecular flexibility index (Phi) is 7.30. The normalized spacial score (nSPS) is 12.5. The molecule has 6 nitrogen and oxygen atoms in total. The van der Waals surface area contributed by atoms with E-state index in [1.807, 2.05) is 19.1 Å². The Morgan fingerprint density at radius 2 is 1.72 bits per heavy atom. The van der Waals surface area contributed by atoms with Crippen molar-refractivity contribution < 1.29 is 13.2 Å². The molecule has 158 valence electrons. The monoisotopic (exact) mass is 417 g/mol. The number of benzene rings is 2. The Hall–Kier alpha value is -2.54. The van der Waals surface area contributed by atoms with Crippen LogP contribution in [0.1, 0.15) is 49.2 Å². The van der Waals surface area contributed by atoms with E-state index in [0.717, 1.165) is 16.8 Å². The van der Waals surface area contributed by atoms with E-state index < -0.39 is 10.0 Å². The van der Waals surface area contributed by atoms with E-state index in [-0.39, 0.29) is 17.7 Å². The lowest BCUT2D eigenvalue weighted by Crippen LogP contribution is -2.23. The van der Waals surface area contributed by atoms with Gasteiger partial charge in [-0.05, 0) is 75.1 Å². The van der Waals surface area contributed by atoms with Crippen LogP contribution in [0.3, 0.4) is 0 Å². The lowest BCUT2D eigenvalue weighted by Gasteiger charge is -2.21. The fourth-order valence-corrected chi connectivity index (χ4v) is 3.45. The number of nitrogens with one attached hydrogen (secondary N) is 3. The summed E-state index contributed by atoms with van der Waals surface area (Å²) in [6.07, 6.45) is 0. The number of amides is 1. The molecule has 2 aromatic rings. The second-order valence-corrected chi connectivity index (χ2v) is 9.66. The number of carbonyl (C=O) groups is 1. The third-order valence-electron chi connectivity index (χ3n) is 5.09. The molecule has 0 fully saturated rings. The van der Waals surface area contributed by atoms with Crippen LogP contribution in [-0.2, 0) is 10.0 Å². The van der Waals surface area contributed by atoms with E-state index in [4.69, 9.17) is 0 Å². The van der Waals surface area contributed by atoms with Crippen molar-refractivity contribution in [2.24, 2.45) is 5.92 Å². The zero-order valence-corrected chi connectivity index (χ0v) is 18.8. The van der Waals surface area contributed by atoms with Gasteiger partial charge in [-0.25, -0.2) is 8.42 Å². The molecule has 3 N–H and O–H groups in total. The molecule has 0 aromatic heterocycles. The van der Waals surface area contributed by atoms with E-state index in [1.165, 1.54) is 0 Å². The zero-order valence-electron chi connectivity index (χ0n) is 18.0. The summed E-state index contributed by atoms with van der Waals surface area (Å²) >= 11 is 0. The molecule has 1 atom stereocenters. The maximum absolute atomic E-state index is 12.8. The van der Waals surface area contributed by atoms with Crippen LogP contribution in [0, 0.1) is 19.8 Å². The fourth-order valence-electron chi connectivity index (χ4n) is 2.74. The highest BCUT2D eigenvalue weighted by Crippen LogP contribution is 2.24. The minimum Gasteiger partial charge on any atom is -0.382 e. The van der Waals surface area contributed by atoms with E-state index in [0.29, 0.717) is 22.9 Å². The Morgan fingerprint density at radius 3 is 2.31 bits per heavy atom. The number of rotatable bonds is 8. The molecule has 0 bridgehead atoms. The molecule has 7 heteroatoms. The fraction of sp³-hybridized carbons (Fsp3) is 0.409. The predicted octanol–water partition coefficient (Wildman–Crippen LogP) is 4.77. The van der Waals surface area contributed by atoms with Crippen LogP contribution in [-0.4, -0.2) is 26.1 Å². The summed E-state index contributed by atoms with van der Waals surface area (Å²) in [6, 6.07) is 11.0. The SMILES string of the molecule is CCS(=O)(=O)Nc1ccc(NC(=O)c2cccc(N[C@@H](C)C(C)C)c2C)cc1C. The number of hydrogen-bond donors (Lipinski definition) is 3. The van der Waals surface area contributed by atoms with Gasteiger partial charge < -0.3 is 10.6 Å². The van der Waals surface area contributed by atoms with Crippen molar-refractivity contribution >= 4 is 33.0 Å². The van der Waals surface area contributed by atoms with Gasteiger partial charge in [0.2, 0.25) is 10.0 Å². The molecular formula is C22H31N3O3S. The summed E-state index contributed by atoms with van der Waals surface area (Å²) in [5, 5.41) is 6.37. The molecule has 2 rings (SSSR count). The summed E-state index contributed by atoms with van der Waals surface area (Å²) in [6.45, 7) is 11.7. The van der Waals surface area contributed by atoms with E-state index >= 15 is 0 Å². The molecule has 0 heterocycles. The second kappa shape index (κ2) is 9.31. The lowest BCUT2D eigenvalue weighted by atomic mass is 10.0. The molecule has 0 radical (unpaired) electrons. The van der Waals surface area contributed by atoms with Gasteiger partial charge >= 0.3 is 0 Å². The van der Waals surface area contributed by atoms with Crippen molar-refractivity contribution in [2.45, 2.75) is 47.6 Å². The van der Waals surface area contributed by atoms with Crippen molar-refractivity contribution in [2.75, 3.05) is 21.1 Å². The molecule has 0 saturated heterocycles. The third-order valence-corrected chi connectivity index (χ3v) is 6.38. The highest BCUT2D eigenvalue weighted by Gasteiger charge is 2.15. The number of aryl methyl sites for hydroxylation is 1. The van der Waals surface area contributed by atoms with Gasteiger partial charge in [0.15, 0.2) is 0 Å². The third kappa shape index (κ3) is 5.97. The van der Waals surface area contributed by atoms with E-state index in [1.54, 1.807) is 38.1 Å². The Balaban J connectivity index is 2.19. The van der Waals surface area contributed by atoms with E-state index in [2.05, 4.69) is 36.1 Å². The smallest absolute Gasteiger partial charge is 0.256 e. The first-order valence-electron chi connectivity index (χ1n) is 9.82. The van der Waals surface area contributed by atoms with Crippen LogP contribution in [0.2, 0.25) is 0 Å². The molecule has 0 saturated carbocycles. The summed E-state index contributed by atoms with van der Waals surface area (Å²) in [4.78, 5) is 12.8. The maximum atomic E-state index is 12.8. The summed E-state index contributed by atoms with van der Waals surface area (Å²) in [5.41, 5.74) is 4.29. The van der Waals surface area contributed by atoms with E-state index in [9.17, 15) is 13.2 Å². The summed E-state index contributed by atoms with van der Waals surface area (Å²) in [7, 11) is -3.34. The molecule has 2 aromatic carbocycles. The van der Waals surface area contributed by atoms with Crippen LogP contribution in [0.15, 0.2) is 36.4 Å². The highest BCUT2D eigenvalue weighted by molar-refractivity contribution is 7.92. The van der Waals surface area contributed by atoms with Gasteiger partial charge in [0.05, 0.1) is 11.4 Å². The number of anilines is 3. The largest absolute Gasteiger partial charge is 0.382 e. The van der Waals surface area contributed by atoms with Crippen LogP contribution in [0.5, 0.6) is 0 Å². The van der Waals surface area contributed by atoms with Crippen molar-refractivity contribution in [1.82, 2.24) is 0 Å². The Morgan fingerprint density at radius 1 is 1.03 bits per heavy atom. The van der Waals surface area contributed by atoms with Gasteiger partial charge in [-0.15, -0.1) is 0 Å². The van der Waals surface area contributed by atoms with Crippen LogP contribution in [0.4, 0.5) is 17.1 Å². The first kappa shape index (κ1) is 22.7. The van der Waals surface area contributed by atoms with Gasteiger partial charge in [-0.1, -0.05) is 19.9 Å². The molecule has 0 unspecified atom stereocenters. The maximum Gasteiger partial charge on any atom is 0.256 e. The number of sulfonamides is 1. The first-order chi connectivity index (χ1) is 13.5. The predicted molar refractivity (Wildman–Crippen MR) is 121 cm³/mol. The van der Waals surface area contributed by atoms with Gasteiger partial charge in [-0.2, -0.15) is 0 Å². The molecule has 0 aliphatic carbocycles. The molecule has 0 aliphatic rings. The Bertz CT molecular complexity index is 985. The molecule has 0 aliphatic heterocycles. The van der Waals surface area contributed by atoms with Gasteiger partial charge in [0.25, 0.3) is 5.91 Å². The number of hydrogen-bond acceptors (Lipinski definition) is 4. The summed E-state index contributed by atoms with van der Waals surface area (Å²) in [5.74, 6) is 0.271. The van der Waals surface area contributed by atoms with Crippen molar-refractivity contribution in [3.63, 3.8) is 0 Å². The average Bonchev–Trinajstić information content (AvgIpc) is 2.65. The van der Waals surface area contributed by atoms with Crippen LogP contribution in [0.25, 0.3) is 0 Å². The first-order valence-corrected chi connectivity index (χ1v) is 11.5. The molecular weight excluding hydrogens is 386 g/mol. The van der Waals surface area contributed by atoms with Crippen LogP contribution < -0.4 is 15.4 Å². The van der Waals surface area contributed by atoms with Crippen molar-refractivity contribution in [3.8, 4) is 0 Å². The van der Waals surface area contributed by atoms with Crippen LogP contribution >= 0.6 is 0 Å². The molecule has 29 heavy (non-hydrogen) atoms. The van der Waals surface area contributed by atoms with Crippen molar-refractivity contribution in [1.29, 1.82) is 0 Å². The Labute approximate surface area is 174 Å². The van der Waals surface area contributed by atoms with Gasteiger partial charge in [-0.3, -0.25) is 9.52 Å². The number of carbonyl (C=O) groups excluding carboxylic acids is 1. The topological polar surface area (TPSA) is 87.3 Å². The van der Waals surface area contributed by atoms with Crippen molar-refractivity contribution in [3.05, 3.63) is 53.1 Å².